The van der Waals surface area contributed by atoms with Crippen molar-refractivity contribution in [1.82, 2.24) is 14.9 Å². The fraction of sp³-hybridized carbons (Fsp3) is 0.391. The number of halogens is 1. The van der Waals surface area contributed by atoms with Crippen LogP contribution in [-0.2, 0) is 16.1 Å². The van der Waals surface area contributed by atoms with E-state index < -0.39 is 0 Å². The van der Waals surface area contributed by atoms with Gasteiger partial charge in [-0.2, -0.15) is 0 Å². The average Bonchev–Trinajstić information content (AvgIpc) is 3.16. The summed E-state index contributed by atoms with van der Waals surface area (Å²) < 4.78 is 21.2. The summed E-state index contributed by atoms with van der Waals surface area (Å²) in [5.41, 5.74) is 2.74. The van der Waals surface area contributed by atoms with Gasteiger partial charge in [0.2, 0.25) is 5.91 Å². The lowest BCUT2D eigenvalue weighted by atomic mass is 9.98. The first kappa shape index (κ1) is 19.6. The Hall–Kier alpha value is -2.73. The van der Waals surface area contributed by atoms with E-state index in [0.717, 1.165) is 42.3 Å². The van der Waals surface area contributed by atoms with Gasteiger partial charge in [0.05, 0.1) is 29.5 Å². The zero-order valence-corrected chi connectivity index (χ0v) is 16.4. The van der Waals surface area contributed by atoms with E-state index in [1.807, 2.05) is 28.8 Å². The molecule has 1 heterocycles. The van der Waals surface area contributed by atoms with Gasteiger partial charge in [-0.25, -0.2) is 9.37 Å². The fourth-order valence-corrected chi connectivity index (χ4v) is 3.94. The third-order valence-corrected chi connectivity index (χ3v) is 5.52. The molecule has 2 aromatic carbocycles. The highest BCUT2D eigenvalue weighted by atomic mass is 19.1. The Morgan fingerprint density at radius 1 is 1.14 bits per heavy atom. The minimum absolute atomic E-state index is 0.0486. The molecule has 1 fully saturated rings. The number of nitrogens with zero attached hydrogens (tertiary/aromatic N) is 2. The molecule has 0 bridgehead atoms. The van der Waals surface area contributed by atoms with E-state index in [0.29, 0.717) is 6.54 Å². The van der Waals surface area contributed by atoms with Crippen LogP contribution in [0.4, 0.5) is 4.39 Å². The molecule has 152 valence electrons. The third-order valence-electron chi connectivity index (χ3n) is 5.52. The summed E-state index contributed by atoms with van der Waals surface area (Å²) in [4.78, 5) is 17.0. The van der Waals surface area contributed by atoms with E-state index in [9.17, 15) is 9.18 Å². The number of aromatic nitrogens is 2. The van der Waals surface area contributed by atoms with Crippen LogP contribution in [0.3, 0.4) is 0 Å². The van der Waals surface area contributed by atoms with Gasteiger partial charge >= 0.3 is 0 Å². The number of amides is 1. The molecule has 1 saturated carbocycles. The molecule has 1 aromatic heterocycles. The molecule has 0 radical (unpaired) electrons. The minimum Gasteiger partial charge on any atom is -0.368 e. The fourth-order valence-electron chi connectivity index (χ4n) is 3.94. The molecule has 0 unspecified atom stereocenters. The molecule has 0 spiro atoms. The lowest BCUT2D eigenvalue weighted by Gasteiger charge is -2.23. The van der Waals surface area contributed by atoms with Gasteiger partial charge in [0.15, 0.2) is 0 Å². The Labute approximate surface area is 169 Å². The number of imidazole rings is 1. The van der Waals surface area contributed by atoms with E-state index in [4.69, 9.17) is 4.74 Å². The van der Waals surface area contributed by atoms with Crippen LogP contribution in [0.2, 0.25) is 0 Å². The molecule has 5 nitrogen and oxygen atoms in total. The van der Waals surface area contributed by atoms with Crippen LogP contribution in [0.15, 0.2) is 54.9 Å². The predicted octanol–water partition coefficient (Wildman–Crippen LogP) is 4.38. The maximum Gasteiger partial charge on any atom is 0.246 e. The average molecular weight is 395 g/mol. The zero-order valence-electron chi connectivity index (χ0n) is 16.4. The van der Waals surface area contributed by atoms with Crippen LogP contribution in [0.5, 0.6) is 0 Å². The van der Waals surface area contributed by atoms with Crippen molar-refractivity contribution < 1.29 is 13.9 Å². The van der Waals surface area contributed by atoms with Crippen LogP contribution in [-0.4, -0.2) is 28.2 Å². The highest BCUT2D eigenvalue weighted by molar-refractivity contribution is 5.78. The Balaban J connectivity index is 1.47. The number of carbonyl (C=O) groups excluding carboxylic acids is 1. The molecule has 1 atom stereocenters. The summed E-state index contributed by atoms with van der Waals surface area (Å²) >= 11 is 0. The summed E-state index contributed by atoms with van der Waals surface area (Å²) in [6.07, 6.45) is 7.57. The van der Waals surface area contributed by atoms with E-state index in [2.05, 4.69) is 10.3 Å². The van der Waals surface area contributed by atoms with Crippen LogP contribution >= 0.6 is 0 Å². The topological polar surface area (TPSA) is 56.1 Å². The quantitative estimate of drug-likeness (QED) is 0.646. The highest BCUT2D eigenvalue weighted by Crippen LogP contribution is 2.21. The Bertz CT molecular complexity index is 948. The van der Waals surface area contributed by atoms with Crippen molar-refractivity contribution >= 4 is 16.9 Å². The second-order valence-corrected chi connectivity index (χ2v) is 7.63. The molecule has 29 heavy (non-hydrogen) atoms. The van der Waals surface area contributed by atoms with Crippen LogP contribution in [0.25, 0.3) is 11.0 Å². The van der Waals surface area contributed by atoms with E-state index in [-0.39, 0.29) is 30.5 Å². The first-order valence-corrected chi connectivity index (χ1v) is 10.3. The second kappa shape index (κ2) is 9.18. The van der Waals surface area contributed by atoms with E-state index in [1.54, 1.807) is 18.5 Å². The van der Waals surface area contributed by atoms with Crippen LogP contribution in [0, 0.1) is 5.82 Å². The molecular weight excluding hydrogens is 369 g/mol. The number of nitrogens with one attached hydrogen (secondary N) is 1. The normalized spacial score (nSPS) is 16.0. The molecule has 3 aromatic rings. The largest absolute Gasteiger partial charge is 0.368 e. The van der Waals surface area contributed by atoms with Gasteiger partial charge in [-0.3, -0.25) is 4.79 Å². The summed E-state index contributed by atoms with van der Waals surface area (Å²) in [6.45, 7) is 0.550. The first-order chi connectivity index (χ1) is 14.2. The Morgan fingerprint density at radius 3 is 2.69 bits per heavy atom. The summed E-state index contributed by atoms with van der Waals surface area (Å²) in [7, 11) is 0. The molecule has 0 aliphatic heterocycles. The van der Waals surface area contributed by atoms with Gasteiger partial charge in [-0.15, -0.1) is 0 Å². The maximum absolute atomic E-state index is 13.4. The Morgan fingerprint density at radius 2 is 1.90 bits per heavy atom. The summed E-state index contributed by atoms with van der Waals surface area (Å²) in [5.74, 6) is -0.457. The zero-order chi connectivity index (χ0) is 20.1. The number of fused-ring (bicyclic) bond motifs is 1. The number of para-hydroxylation sites is 2. The number of carbonyl (C=O) groups is 1. The highest BCUT2D eigenvalue weighted by Gasteiger charge is 2.19. The van der Waals surface area contributed by atoms with Crippen molar-refractivity contribution in [2.45, 2.75) is 50.8 Å². The second-order valence-electron chi connectivity index (χ2n) is 7.63. The lowest BCUT2D eigenvalue weighted by molar-refractivity contribution is -0.129. The SMILES string of the molecule is O=C(COC1CCCCC1)N[C@@H](Cn1cnc2ccccc21)c1ccc(F)cc1. The van der Waals surface area contributed by atoms with Gasteiger partial charge in [0.1, 0.15) is 12.4 Å². The molecular formula is C23H26FN3O2. The summed E-state index contributed by atoms with van der Waals surface area (Å²) in [5, 5.41) is 3.06. The number of rotatable bonds is 7. The van der Waals surface area contributed by atoms with Gasteiger partial charge in [-0.1, -0.05) is 43.5 Å². The van der Waals surface area contributed by atoms with Gasteiger partial charge in [-0.05, 0) is 42.7 Å². The van der Waals surface area contributed by atoms with Crippen LogP contribution in [0.1, 0.15) is 43.7 Å². The van der Waals surface area contributed by atoms with Crippen molar-refractivity contribution in [1.29, 1.82) is 0 Å². The first-order valence-electron chi connectivity index (χ1n) is 10.3. The maximum atomic E-state index is 13.4. The monoisotopic (exact) mass is 395 g/mol. The van der Waals surface area contributed by atoms with Gasteiger partial charge in [0, 0.05) is 6.54 Å². The smallest absolute Gasteiger partial charge is 0.246 e. The molecule has 1 aliphatic rings. The van der Waals surface area contributed by atoms with Crippen molar-refractivity contribution in [3.05, 3.63) is 66.2 Å². The van der Waals surface area contributed by atoms with E-state index >= 15 is 0 Å². The van der Waals surface area contributed by atoms with Crippen molar-refractivity contribution in [2.75, 3.05) is 6.61 Å². The lowest BCUT2D eigenvalue weighted by Crippen LogP contribution is -2.35. The summed E-state index contributed by atoms with van der Waals surface area (Å²) in [6, 6.07) is 13.8. The van der Waals surface area contributed by atoms with Crippen LogP contribution < -0.4 is 5.32 Å². The molecule has 0 saturated heterocycles. The number of benzene rings is 2. The van der Waals surface area contributed by atoms with Crippen molar-refractivity contribution in [3.8, 4) is 0 Å². The van der Waals surface area contributed by atoms with Gasteiger partial charge < -0.3 is 14.6 Å². The molecule has 1 amide bonds. The third kappa shape index (κ3) is 5.01. The minimum atomic E-state index is -0.310. The molecule has 1 N–H and O–H groups in total. The van der Waals surface area contributed by atoms with Gasteiger partial charge in [0.25, 0.3) is 0 Å². The Kier molecular flexibility index (Phi) is 6.20. The van der Waals surface area contributed by atoms with Crippen molar-refractivity contribution in [2.24, 2.45) is 0 Å². The van der Waals surface area contributed by atoms with Crippen molar-refractivity contribution in [3.63, 3.8) is 0 Å². The molecule has 1 aliphatic carbocycles. The molecule has 6 heteroatoms. The number of hydrogen-bond donors (Lipinski definition) is 1. The number of hydrogen-bond acceptors (Lipinski definition) is 3. The molecule has 4 rings (SSSR count). The van der Waals surface area contributed by atoms with E-state index in [1.165, 1.54) is 18.6 Å². The number of ether oxygens (including phenoxy) is 1. The predicted molar refractivity (Wildman–Crippen MR) is 110 cm³/mol. The standard InChI is InChI=1S/C23H26FN3O2/c24-18-12-10-17(11-13-18)21(14-27-16-25-20-8-4-5-9-22(20)27)26-23(28)15-29-19-6-2-1-3-7-19/h4-5,8-13,16,19,21H,1-3,6-7,14-15H2,(H,26,28)/t21-/m0/s1.